The van der Waals surface area contributed by atoms with E-state index in [-0.39, 0.29) is 18.0 Å². The Hall–Kier alpha value is -2.51. The molecule has 1 saturated heterocycles. The number of urea groups is 1. The van der Waals surface area contributed by atoms with Crippen molar-refractivity contribution in [3.8, 4) is 0 Å². The van der Waals surface area contributed by atoms with Crippen molar-refractivity contribution < 1.29 is 18.7 Å². The minimum absolute atomic E-state index is 0.238. The molecule has 2 aromatic rings. The van der Waals surface area contributed by atoms with E-state index in [1.165, 1.54) is 6.92 Å². The third kappa shape index (κ3) is 4.61. The van der Waals surface area contributed by atoms with Crippen molar-refractivity contribution in [1.82, 2.24) is 4.90 Å². The van der Waals surface area contributed by atoms with Crippen molar-refractivity contribution >= 4 is 34.9 Å². The van der Waals surface area contributed by atoms with Gasteiger partial charge in [-0.15, -0.1) is 0 Å². The van der Waals surface area contributed by atoms with Gasteiger partial charge in [-0.1, -0.05) is 18.5 Å². The predicted octanol–water partition coefficient (Wildman–Crippen LogP) is 4.06. The number of ether oxygens (including phenoxy) is 1. The normalized spacial score (nSPS) is 16.9. The summed E-state index contributed by atoms with van der Waals surface area (Å²) in [4.78, 5) is 25.8. The summed E-state index contributed by atoms with van der Waals surface area (Å²) < 4.78 is 11.4. The van der Waals surface area contributed by atoms with E-state index in [1.54, 1.807) is 23.1 Å². The van der Waals surface area contributed by atoms with Crippen molar-refractivity contribution in [2.45, 2.75) is 26.3 Å². The topological polar surface area (TPSA) is 83.8 Å². The predicted molar refractivity (Wildman–Crippen MR) is 103 cm³/mol. The number of hydrogen-bond donors (Lipinski definition) is 2. The molecule has 0 bridgehead atoms. The van der Waals surface area contributed by atoms with Gasteiger partial charge in [0.05, 0.1) is 23.9 Å². The Morgan fingerprint density at radius 1 is 1.26 bits per heavy atom. The number of anilines is 2. The molecule has 27 heavy (non-hydrogen) atoms. The number of halogens is 1. The van der Waals surface area contributed by atoms with Crippen LogP contribution in [0.1, 0.15) is 31.4 Å². The van der Waals surface area contributed by atoms with Crippen LogP contribution in [-0.4, -0.2) is 36.6 Å². The molecule has 8 heteroatoms. The molecule has 0 saturated carbocycles. The van der Waals surface area contributed by atoms with Crippen molar-refractivity contribution in [3.63, 3.8) is 0 Å². The summed E-state index contributed by atoms with van der Waals surface area (Å²) in [6.45, 7) is 4.70. The van der Waals surface area contributed by atoms with Gasteiger partial charge in [0.2, 0.25) is 5.91 Å². The van der Waals surface area contributed by atoms with Crippen LogP contribution < -0.4 is 10.6 Å². The van der Waals surface area contributed by atoms with E-state index in [0.717, 1.165) is 12.2 Å². The van der Waals surface area contributed by atoms with E-state index < -0.39 is 0 Å². The van der Waals surface area contributed by atoms with E-state index in [2.05, 4.69) is 10.6 Å². The maximum atomic E-state index is 12.8. The van der Waals surface area contributed by atoms with E-state index in [1.807, 2.05) is 19.1 Å². The van der Waals surface area contributed by atoms with Crippen LogP contribution in [0.2, 0.25) is 5.02 Å². The van der Waals surface area contributed by atoms with Gasteiger partial charge in [-0.05, 0) is 30.3 Å². The maximum absolute atomic E-state index is 12.8. The van der Waals surface area contributed by atoms with Gasteiger partial charge >= 0.3 is 6.03 Å². The zero-order valence-electron chi connectivity index (χ0n) is 15.3. The first-order valence-corrected chi connectivity index (χ1v) is 9.17. The average Bonchev–Trinajstić information content (AvgIpc) is 3.13. The second-order valence-electron chi connectivity index (χ2n) is 6.25. The Bertz CT molecular complexity index is 836. The molecular weight excluding hydrogens is 370 g/mol. The summed E-state index contributed by atoms with van der Waals surface area (Å²) in [5, 5.41) is 5.89. The highest BCUT2D eigenvalue weighted by atomic mass is 35.5. The number of furan rings is 1. The molecule has 2 N–H and O–H groups in total. The number of morpholine rings is 1. The molecule has 0 unspecified atom stereocenters. The lowest BCUT2D eigenvalue weighted by Gasteiger charge is -2.34. The number of amides is 3. The number of aryl methyl sites for hydroxylation is 1. The molecule has 2 heterocycles. The van der Waals surface area contributed by atoms with Gasteiger partial charge in [-0.2, -0.15) is 0 Å². The molecule has 0 spiro atoms. The summed E-state index contributed by atoms with van der Waals surface area (Å²) in [6.07, 6.45) is 0.788. The zero-order chi connectivity index (χ0) is 19.4. The highest BCUT2D eigenvalue weighted by molar-refractivity contribution is 6.33. The highest BCUT2D eigenvalue weighted by Gasteiger charge is 2.31. The van der Waals surface area contributed by atoms with Crippen molar-refractivity contribution in [3.05, 3.63) is 46.9 Å². The van der Waals surface area contributed by atoms with Gasteiger partial charge in [-0.25, -0.2) is 4.79 Å². The molecule has 3 amide bonds. The lowest BCUT2D eigenvalue weighted by molar-refractivity contribution is -0.114. The summed E-state index contributed by atoms with van der Waals surface area (Å²) in [5.74, 6) is 1.34. The molecule has 0 aliphatic carbocycles. The smallest absolute Gasteiger partial charge is 0.322 e. The molecule has 1 aromatic carbocycles. The third-order valence-corrected chi connectivity index (χ3v) is 4.61. The number of nitrogens with one attached hydrogen (secondary N) is 2. The van der Waals surface area contributed by atoms with Gasteiger partial charge < -0.3 is 24.7 Å². The number of nitrogens with zero attached hydrogens (tertiary/aromatic N) is 1. The summed E-state index contributed by atoms with van der Waals surface area (Å²) in [5.41, 5.74) is 0.978. The Labute approximate surface area is 162 Å². The number of hydrogen-bond acceptors (Lipinski definition) is 4. The highest BCUT2D eigenvalue weighted by Crippen LogP contribution is 2.29. The van der Waals surface area contributed by atoms with E-state index in [9.17, 15) is 9.59 Å². The van der Waals surface area contributed by atoms with Crippen LogP contribution in [0.4, 0.5) is 16.2 Å². The number of benzene rings is 1. The maximum Gasteiger partial charge on any atom is 0.322 e. The summed E-state index contributed by atoms with van der Waals surface area (Å²) in [6, 6.07) is 8.17. The van der Waals surface area contributed by atoms with Crippen molar-refractivity contribution in [2.75, 3.05) is 30.4 Å². The Kier molecular flexibility index (Phi) is 6.03. The molecule has 1 fully saturated rings. The zero-order valence-corrected chi connectivity index (χ0v) is 16.0. The van der Waals surface area contributed by atoms with E-state index in [0.29, 0.717) is 41.9 Å². The van der Waals surface area contributed by atoms with Crippen molar-refractivity contribution in [1.29, 1.82) is 0 Å². The van der Waals surface area contributed by atoms with Gasteiger partial charge in [0.25, 0.3) is 0 Å². The largest absolute Gasteiger partial charge is 0.464 e. The Morgan fingerprint density at radius 2 is 2.07 bits per heavy atom. The number of rotatable bonds is 4. The molecule has 3 rings (SSSR count). The first kappa shape index (κ1) is 19.3. The summed E-state index contributed by atoms with van der Waals surface area (Å²) in [7, 11) is 0. The number of carbonyl (C=O) groups is 2. The third-order valence-electron chi connectivity index (χ3n) is 4.28. The van der Waals surface area contributed by atoms with Crippen LogP contribution in [-0.2, 0) is 16.0 Å². The first-order valence-electron chi connectivity index (χ1n) is 8.79. The van der Waals surface area contributed by atoms with Gasteiger partial charge in [0.1, 0.15) is 17.6 Å². The lowest BCUT2D eigenvalue weighted by atomic mass is 10.2. The molecule has 1 aliphatic heterocycles. The Balaban J connectivity index is 1.76. The Morgan fingerprint density at radius 3 is 2.78 bits per heavy atom. The molecule has 1 aromatic heterocycles. The van der Waals surface area contributed by atoms with Gasteiger partial charge in [0.15, 0.2) is 0 Å². The molecule has 1 atom stereocenters. The van der Waals surface area contributed by atoms with Crippen LogP contribution >= 0.6 is 11.6 Å². The van der Waals surface area contributed by atoms with E-state index >= 15 is 0 Å². The first-order chi connectivity index (χ1) is 13.0. The van der Waals surface area contributed by atoms with Crippen LogP contribution in [0.25, 0.3) is 0 Å². The monoisotopic (exact) mass is 391 g/mol. The minimum atomic E-state index is -0.291. The second kappa shape index (κ2) is 8.45. The van der Waals surface area contributed by atoms with Crippen LogP contribution in [0.3, 0.4) is 0 Å². The fourth-order valence-corrected chi connectivity index (χ4v) is 3.09. The summed E-state index contributed by atoms with van der Waals surface area (Å²) >= 11 is 6.08. The molecular formula is C19H22ClN3O4. The van der Waals surface area contributed by atoms with Crippen LogP contribution in [0, 0.1) is 0 Å². The quantitative estimate of drug-likeness (QED) is 0.823. The fourth-order valence-electron chi connectivity index (χ4n) is 2.93. The SMILES string of the molecule is CCc1ccc([C@@H]2COCCN2C(=O)Nc2ccc(Cl)c(NC(C)=O)c2)o1. The van der Waals surface area contributed by atoms with Crippen LogP contribution in [0.15, 0.2) is 34.7 Å². The number of carbonyl (C=O) groups excluding carboxylic acids is 2. The van der Waals surface area contributed by atoms with Gasteiger partial charge in [-0.3, -0.25) is 4.79 Å². The van der Waals surface area contributed by atoms with Crippen LogP contribution in [0.5, 0.6) is 0 Å². The lowest BCUT2D eigenvalue weighted by Crippen LogP contribution is -2.45. The average molecular weight is 392 g/mol. The van der Waals surface area contributed by atoms with Crippen molar-refractivity contribution in [2.24, 2.45) is 0 Å². The standard InChI is InChI=1S/C19H22ClN3O4/c1-3-14-5-7-18(27-14)17-11-26-9-8-23(17)19(25)22-13-4-6-15(20)16(10-13)21-12(2)24/h4-7,10,17H,3,8-9,11H2,1-2H3,(H,21,24)(H,22,25)/t17-/m0/s1. The van der Waals surface area contributed by atoms with Gasteiger partial charge in [0, 0.05) is 25.6 Å². The second-order valence-corrected chi connectivity index (χ2v) is 6.65. The van der Waals surface area contributed by atoms with E-state index in [4.69, 9.17) is 20.8 Å². The molecule has 144 valence electrons. The minimum Gasteiger partial charge on any atom is -0.464 e. The fraction of sp³-hybridized carbons (Fsp3) is 0.368. The molecule has 0 radical (unpaired) electrons. The molecule has 7 nitrogen and oxygen atoms in total. The molecule has 1 aliphatic rings.